The molecule has 18 heavy (non-hydrogen) atoms. The van der Waals surface area contributed by atoms with E-state index in [9.17, 15) is 30.3 Å². The Morgan fingerprint density at radius 1 is 0.833 bits per heavy atom. The Kier molecular flexibility index (Phi) is 4.34. The molecule has 1 rings (SSSR count). The fraction of sp³-hybridized carbons (Fsp3) is 0.909. The van der Waals surface area contributed by atoms with Gasteiger partial charge in [-0.05, 0) is 20.8 Å². The zero-order valence-electron chi connectivity index (χ0n) is 10.5. The smallest absolute Gasteiger partial charge is 0.311 e. The third-order valence-electron chi connectivity index (χ3n) is 2.93. The summed E-state index contributed by atoms with van der Waals surface area (Å²) in [6, 6.07) is 0. The highest BCUT2D eigenvalue weighted by molar-refractivity contribution is 5.75. The Hall–Kier alpha value is -0.730. The topological polar surface area (TPSA) is 127 Å². The van der Waals surface area contributed by atoms with Gasteiger partial charge in [-0.2, -0.15) is 0 Å². The van der Waals surface area contributed by atoms with Gasteiger partial charge < -0.3 is 30.3 Å². The van der Waals surface area contributed by atoms with Crippen LogP contribution in [0.3, 0.4) is 0 Å². The van der Waals surface area contributed by atoms with Gasteiger partial charge in [0.1, 0.15) is 30.5 Å². The number of hydrogen-bond donors (Lipinski definition) is 5. The highest BCUT2D eigenvalue weighted by atomic mass is 16.6. The van der Waals surface area contributed by atoms with Gasteiger partial charge in [0.2, 0.25) is 0 Å². The molecule has 2 unspecified atom stereocenters. The summed E-state index contributed by atoms with van der Waals surface area (Å²) in [5, 5.41) is 47.6. The molecule has 0 aromatic rings. The number of carbonyl (C=O) groups excluding carboxylic acids is 1. The summed E-state index contributed by atoms with van der Waals surface area (Å²) in [7, 11) is 0. The minimum Gasteiger partial charge on any atom is -0.456 e. The number of esters is 1. The molecule has 1 saturated carbocycles. The first-order valence-electron chi connectivity index (χ1n) is 5.68. The normalized spacial score (nSPS) is 41.6. The second kappa shape index (κ2) is 5.10. The molecular formula is C11H20O7. The van der Waals surface area contributed by atoms with Crippen LogP contribution in [0.5, 0.6) is 0 Å². The number of aliphatic hydroxyl groups is 5. The molecule has 0 saturated heterocycles. The van der Waals surface area contributed by atoms with Gasteiger partial charge in [0.25, 0.3) is 0 Å². The third-order valence-corrected chi connectivity index (χ3v) is 2.93. The summed E-state index contributed by atoms with van der Waals surface area (Å²) in [4.78, 5) is 11.6. The predicted molar refractivity (Wildman–Crippen MR) is 59.4 cm³/mol. The van der Waals surface area contributed by atoms with E-state index in [0.29, 0.717) is 0 Å². The molecular weight excluding hydrogens is 244 g/mol. The van der Waals surface area contributed by atoms with E-state index in [1.54, 1.807) is 20.8 Å². The molecule has 0 amide bonds. The number of rotatable bonds is 1. The summed E-state index contributed by atoms with van der Waals surface area (Å²) in [6.07, 6.45) is -9.89. The average Bonchev–Trinajstić information content (AvgIpc) is 2.28. The fourth-order valence-corrected chi connectivity index (χ4v) is 1.64. The second-order valence-corrected chi connectivity index (χ2v) is 5.57. The molecule has 106 valence electrons. The van der Waals surface area contributed by atoms with Crippen LogP contribution in [0.2, 0.25) is 0 Å². The van der Waals surface area contributed by atoms with Crippen LogP contribution in [0.15, 0.2) is 0 Å². The first kappa shape index (κ1) is 15.3. The van der Waals surface area contributed by atoms with Crippen LogP contribution in [0, 0.1) is 5.41 Å². The first-order valence-corrected chi connectivity index (χ1v) is 5.68. The summed E-state index contributed by atoms with van der Waals surface area (Å²) >= 11 is 0. The van der Waals surface area contributed by atoms with Gasteiger partial charge in [0.05, 0.1) is 5.41 Å². The molecule has 6 atom stereocenters. The molecule has 7 nitrogen and oxygen atoms in total. The van der Waals surface area contributed by atoms with Gasteiger partial charge in [-0.15, -0.1) is 0 Å². The van der Waals surface area contributed by atoms with Crippen molar-refractivity contribution in [3.05, 3.63) is 0 Å². The largest absolute Gasteiger partial charge is 0.456 e. The fourth-order valence-electron chi connectivity index (χ4n) is 1.64. The van der Waals surface area contributed by atoms with E-state index in [4.69, 9.17) is 4.74 Å². The van der Waals surface area contributed by atoms with E-state index in [0.717, 1.165) is 0 Å². The van der Waals surface area contributed by atoms with Crippen molar-refractivity contribution >= 4 is 5.97 Å². The number of hydrogen-bond acceptors (Lipinski definition) is 7. The van der Waals surface area contributed by atoms with Gasteiger partial charge in [0, 0.05) is 0 Å². The standard InChI is InChI=1S/C11H20O7/c1-11(2,3)10(17)18-9-7(15)5(13)4(12)6(14)8(9)16/h4-9,12-16H,1-3H3/t4?,5-,6+,7-,8-,9?/m0/s1. The van der Waals surface area contributed by atoms with Crippen LogP contribution in [0.4, 0.5) is 0 Å². The molecule has 0 aliphatic heterocycles. The molecule has 0 radical (unpaired) electrons. The van der Waals surface area contributed by atoms with Crippen LogP contribution in [-0.2, 0) is 9.53 Å². The Balaban J connectivity index is 2.84. The summed E-state index contributed by atoms with van der Waals surface area (Å²) in [6.45, 7) is 4.75. The van der Waals surface area contributed by atoms with Crippen molar-refractivity contribution < 1.29 is 35.1 Å². The van der Waals surface area contributed by atoms with Crippen molar-refractivity contribution in [3.8, 4) is 0 Å². The number of aliphatic hydroxyl groups excluding tert-OH is 5. The number of carbonyl (C=O) groups is 1. The van der Waals surface area contributed by atoms with Crippen molar-refractivity contribution in [1.82, 2.24) is 0 Å². The molecule has 7 heteroatoms. The lowest BCUT2D eigenvalue weighted by Gasteiger charge is -2.41. The quantitative estimate of drug-likeness (QED) is 0.339. The monoisotopic (exact) mass is 264 g/mol. The van der Waals surface area contributed by atoms with Crippen LogP contribution in [0.25, 0.3) is 0 Å². The minimum atomic E-state index is -1.69. The van der Waals surface area contributed by atoms with Crippen molar-refractivity contribution in [2.75, 3.05) is 0 Å². The van der Waals surface area contributed by atoms with E-state index >= 15 is 0 Å². The van der Waals surface area contributed by atoms with Crippen LogP contribution in [0.1, 0.15) is 20.8 Å². The van der Waals surface area contributed by atoms with Crippen LogP contribution < -0.4 is 0 Å². The Morgan fingerprint density at radius 2 is 1.17 bits per heavy atom. The maximum Gasteiger partial charge on any atom is 0.311 e. The maximum atomic E-state index is 11.6. The van der Waals surface area contributed by atoms with Crippen molar-refractivity contribution in [1.29, 1.82) is 0 Å². The predicted octanol–water partition coefficient (Wildman–Crippen LogP) is -2.24. The molecule has 0 heterocycles. The lowest BCUT2D eigenvalue weighted by Crippen LogP contribution is -2.64. The lowest BCUT2D eigenvalue weighted by atomic mass is 9.84. The molecule has 5 N–H and O–H groups in total. The molecule has 1 aliphatic carbocycles. The highest BCUT2D eigenvalue weighted by Crippen LogP contribution is 2.26. The Morgan fingerprint density at radius 3 is 1.50 bits per heavy atom. The summed E-state index contributed by atoms with van der Waals surface area (Å²) in [5.74, 6) is -0.693. The minimum absolute atomic E-state index is 0.693. The van der Waals surface area contributed by atoms with E-state index in [-0.39, 0.29) is 0 Å². The highest BCUT2D eigenvalue weighted by Gasteiger charge is 2.50. The maximum absolute atomic E-state index is 11.6. The van der Waals surface area contributed by atoms with E-state index in [1.807, 2.05) is 0 Å². The first-order chi connectivity index (χ1) is 8.07. The third kappa shape index (κ3) is 2.81. The van der Waals surface area contributed by atoms with Gasteiger partial charge in [-0.3, -0.25) is 4.79 Å². The van der Waals surface area contributed by atoms with Gasteiger partial charge in [0.15, 0.2) is 6.10 Å². The van der Waals surface area contributed by atoms with Crippen LogP contribution in [-0.4, -0.2) is 68.1 Å². The summed E-state index contributed by atoms with van der Waals surface area (Å²) in [5.41, 5.74) is -0.856. The van der Waals surface area contributed by atoms with Crippen molar-refractivity contribution in [2.45, 2.75) is 57.4 Å². The van der Waals surface area contributed by atoms with Gasteiger partial charge >= 0.3 is 5.97 Å². The Labute approximate surface area is 105 Å². The van der Waals surface area contributed by atoms with E-state index in [1.165, 1.54) is 0 Å². The second-order valence-electron chi connectivity index (χ2n) is 5.57. The van der Waals surface area contributed by atoms with Crippen molar-refractivity contribution in [2.24, 2.45) is 5.41 Å². The summed E-state index contributed by atoms with van der Waals surface area (Å²) < 4.78 is 4.90. The molecule has 0 spiro atoms. The SMILES string of the molecule is CC(C)(C)C(=O)OC1[C@@H](O)[C@H](O)C(O)[C@H](O)[C@@H]1O. The molecule has 1 aliphatic rings. The number of ether oxygens (including phenoxy) is 1. The van der Waals surface area contributed by atoms with Crippen LogP contribution >= 0.6 is 0 Å². The molecule has 0 aromatic carbocycles. The van der Waals surface area contributed by atoms with Crippen molar-refractivity contribution in [3.63, 3.8) is 0 Å². The lowest BCUT2D eigenvalue weighted by molar-refractivity contribution is -0.236. The van der Waals surface area contributed by atoms with Gasteiger partial charge in [-0.25, -0.2) is 0 Å². The van der Waals surface area contributed by atoms with E-state index in [2.05, 4.69) is 0 Å². The zero-order valence-corrected chi connectivity index (χ0v) is 10.5. The Bertz CT molecular complexity index is 295. The van der Waals surface area contributed by atoms with Gasteiger partial charge in [-0.1, -0.05) is 0 Å². The molecule has 1 fully saturated rings. The molecule has 0 bridgehead atoms. The average molecular weight is 264 g/mol. The zero-order chi connectivity index (χ0) is 14.2. The molecule has 0 aromatic heterocycles. The van der Waals surface area contributed by atoms with E-state index < -0.39 is 48.0 Å².